The fourth-order valence-corrected chi connectivity index (χ4v) is 2.31. The van der Waals surface area contributed by atoms with E-state index in [4.69, 9.17) is 10.3 Å². The molecule has 2 rings (SSSR count). The molecule has 2 aromatic heterocycles. The topological polar surface area (TPSA) is 69.0 Å². The summed E-state index contributed by atoms with van der Waals surface area (Å²) in [5.41, 5.74) is 5.04. The molecule has 92 valence electrons. The summed E-state index contributed by atoms with van der Waals surface area (Å²) in [5, 5.41) is 4.14. The van der Waals surface area contributed by atoms with E-state index in [0.29, 0.717) is 0 Å². The van der Waals surface area contributed by atoms with Crippen LogP contribution in [-0.4, -0.2) is 9.78 Å². The molecule has 2 heterocycles. The summed E-state index contributed by atoms with van der Waals surface area (Å²) >= 11 is 3.36. The monoisotopic (exact) mass is 298 g/mol. The Morgan fingerprint density at radius 1 is 1.65 bits per heavy atom. The van der Waals surface area contributed by atoms with Crippen LogP contribution >= 0.6 is 15.9 Å². The Bertz CT molecular complexity index is 479. The van der Waals surface area contributed by atoms with Crippen LogP contribution in [0.3, 0.4) is 0 Å². The summed E-state index contributed by atoms with van der Waals surface area (Å²) in [7, 11) is 1.91. The number of hydrogen-bond acceptors (Lipinski definition) is 4. The van der Waals surface area contributed by atoms with Crippen molar-refractivity contribution in [1.29, 1.82) is 0 Å². The summed E-state index contributed by atoms with van der Waals surface area (Å²) in [6, 6.07) is 1.99. The fourth-order valence-electron chi connectivity index (χ4n) is 1.79. The van der Waals surface area contributed by atoms with Gasteiger partial charge in [0.1, 0.15) is 0 Å². The lowest BCUT2D eigenvalue weighted by Crippen LogP contribution is -2.28. The number of nitrogens with zero attached hydrogens (tertiary/aromatic N) is 2. The SMILES string of the molecule is Cn1cc(CCC(NN)c2ccoc2Br)cn1. The van der Waals surface area contributed by atoms with E-state index >= 15 is 0 Å². The molecule has 6 heteroatoms. The van der Waals surface area contributed by atoms with Gasteiger partial charge in [-0.05, 0) is 40.4 Å². The van der Waals surface area contributed by atoms with Crippen LogP contribution in [0.1, 0.15) is 23.6 Å². The first-order valence-electron chi connectivity index (χ1n) is 5.37. The lowest BCUT2D eigenvalue weighted by Gasteiger charge is -2.13. The maximum absolute atomic E-state index is 5.57. The summed E-state index contributed by atoms with van der Waals surface area (Å²) in [6.07, 6.45) is 7.34. The van der Waals surface area contributed by atoms with Crippen LogP contribution in [-0.2, 0) is 13.5 Å². The van der Waals surface area contributed by atoms with E-state index in [-0.39, 0.29) is 6.04 Å². The number of aryl methyl sites for hydroxylation is 2. The Labute approximate surface area is 108 Å². The second-order valence-corrected chi connectivity index (χ2v) is 4.65. The molecule has 0 fully saturated rings. The van der Waals surface area contributed by atoms with Gasteiger partial charge in [-0.1, -0.05) is 0 Å². The molecule has 0 aliphatic carbocycles. The van der Waals surface area contributed by atoms with Gasteiger partial charge in [0.15, 0.2) is 4.67 Å². The third-order valence-corrected chi connectivity index (χ3v) is 3.35. The average molecular weight is 299 g/mol. The van der Waals surface area contributed by atoms with E-state index in [1.807, 2.05) is 25.5 Å². The summed E-state index contributed by atoms with van der Waals surface area (Å²) in [5.74, 6) is 5.57. The number of halogens is 1. The number of nitrogens with two attached hydrogens (primary N) is 1. The van der Waals surface area contributed by atoms with Crippen molar-refractivity contribution in [3.8, 4) is 0 Å². The Morgan fingerprint density at radius 3 is 3.00 bits per heavy atom. The third-order valence-electron chi connectivity index (χ3n) is 2.70. The van der Waals surface area contributed by atoms with Gasteiger partial charge in [0, 0.05) is 18.8 Å². The minimum absolute atomic E-state index is 0.0725. The van der Waals surface area contributed by atoms with Crippen LogP contribution in [0.25, 0.3) is 0 Å². The Morgan fingerprint density at radius 2 is 2.47 bits per heavy atom. The largest absolute Gasteiger partial charge is 0.457 e. The number of nitrogens with one attached hydrogen (secondary N) is 1. The maximum Gasteiger partial charge on any atom is 0.173 e. The molecular formula is C11H15BrN4O. The highest BCUT2D eigenvalue weighted by atomic mass is 79.9. The van der Waals surface area contributed by atoms with Crippen LogP contribution in [0.2, 0.25) is 0 Å². The molecule has 0 bridgehead atoms. The van der Waals surface area contributed by atoms with Gasteiger partial charge < -0.3 is 4.42 Å². The van der Waals surface area contributed by atoms with E-state index in [1.54, 1.807) is 10.9 Å². The van der Waals surface area contributed by atoms with Crippen molar-refractivity contribution in [2.75, 3.05) is 0 Å². The maximum atomic E-state index is 5.57. The van der Waals surface area contributed by atoms with Crippen molar-refractivity contribution in [2.24, 2.45) is 12.9 Å². The predicted octanol–water partition coefficient (Wildman–Crippen LogP) is 1.91. The molecule has 1 atom stereocenters. The highest BCUT2D eigenvalue weighted by molar-refractivity contribution is 9.10. The molecule has 2 aromatic rings. The number of hydrazine groups is 1. The first kappa shape index (κ1) is 12.3. The summed E-state index contributed by atoms with van der Waals surface area (Å²) < 4.78 is 7.74. The van der Waals surface area contributed by atoms with Crippen LogP contribution in [0.5, 0.6) is 0 Å². The highest BCUT2D eigenvalue weighted by Gasteiger charge is 2.15. The van der Waals surface area contributed by atoms with Gasteiger partial charge in [0.25, 0.3) is 0 Å². The smallest absolute Gasteiger partial charge is 0.173 e. The van der Waals surface area contributed by atoms with Crippen LogP contribution < -0.4 is 11.3 Å². The first-order valence-corrected chi connectivity index (χ1v) is 6.16. The molecule has 3 N–H and O–H groups in total. The minimum Gasteiger partial charge on any atom is -0.457 e. The molecule has 0 saturated carbocycles. The van der Waals surface area contributed by atoms with Crippen molar-refractivity contribution in [2.45, 2.75) is 18.9 Å². The lowest BCUT2D eigenvalue weighted by molar-refractivity contribution is 0.489. The standard InChI is InChI=1S/C11H15BrN4O/c1-16-7-8(6-14-16)2-3-10(15-13)9-4-5-17-11(9)12/h4-7,10,15H,2-3,13H2,1H3. The zero-order valence-corrected chi connectivity index (χ0v) is 11.1. The molecule has 0 radical (unpaired) electrons. The average Bonchev–Trinajstić information content (AvgIpc) is 2.90. The van der Waals surface area contributed by atoms with Crippen molar-refractivity contribution in [1.82, 2.24) is 15.2 Å². The second kappa shape index (κ2) is 5.48. The number of hydrogen-bond donors (Lipinski definition) is 2. The van der Waals surface area contributed by atoms with Gasteiger partial charge >= 0.3 is 0 Å². The predicted molar refractivity (Wildman–Crippen MR) is 68.0 cm³/mol. The van der Waals surface area contributed by atoms with Gasteiger partial charge in [0.05, 0.1) is 18.5 Å². The van der Waals surface area contributed by atoms with Crippen molar-refractivity contribution in [3.05, 3.63) is 40.5 Å². The molecule has 1 unspecified atom stereocenters. The van der Waals surface area contributed by atoms with Crippen LogP contribution in [0.15, 0.2) is 33.8 Å². The van der Waals surface area contributed by atoms with Crippen molar-refractivity contribution in [3.63, 3.8) is 0 Å². The van der Waals surface area contributed by atoms with Gasteiger partial charge in [-0.25, -0.2) is 0 Å². The van der Waals surface area contributed by atoms with E-state index < -0.39 is 0 Å². The Balaban J connectivity index is 1.99. The molecule has 0 saturated heterocycles. The van der Waals surface area contributed by atoms with E-state index in [9.17, 15) is 0 Å². The third kappa shape index (κ3) is 2.96. The minimum atomic E-state index is 0.0725. The number of furan rings is 1. The number of aromatic nitrogens is 2. The van der Waals surface area contributed by atoms with Gasteiger partial charge in [0.2, 0.25) is 0 Å². The molecule has 5 nitrogen and oxygen atoms in total. The molecular weight excluding hydrogens is 284 g/mol. The zero-order chi connectivity index (χ0) is 12.3. The zero-order valence-electron chi connectivity index (χ0n) is 9.56. The Hall–Kier alpha value is -1.11. The molecule has 0 aliphatic rings. The molecule has 17 heavy (non-hydrogen) atoms. The number of rotatable bonds is 5. The normalized spacial score (nSPS) is 12.9. The van der Waals surface area contributed by atoms with Gasteiger partial charge in [-0.3, -0.25) is 16.0 Å². The highest BCUT2D eigenvalue weighted by Crippen LogP contribution is 2.27. The summed E-state index contributed by atoms with van der Waals surface area (Å²) in [4.78, 5) is 0. The van der Waals surface area contributed by atoms with Crippen molar-refractivity contribution >= 4 is 15.9 Å². The van der Waals surface area contributed by atoms with E-state index in [2.05, 4.69) is 26.5 Å². The molecule has 0 spiro atoms. The van der Waals surface area contributed by atoms with Crippen molar-refractivity contribution < 1.29 is 4.42 Å². The first-order chi connectivity index (χ1) is 8.20. The summed E-state index contributed by atoms with van der Waals surface area (Å²) in [6.45, 7) is 0. The molecule has 0 aliphatic heterocycles. The fraction of sp³-hybridized carbons (Fsp3) is 0.364. The van der Waals surface area contributed by atoms with Crippen LogP contribution in [0, 0.1) is 0 Å². The molecule has 0 aromatic carbocycles. The van der Waals surface area contributed by atoms with Crippen LogP contribution in [0.4, 0.5) is 0 Å². The van der Waals surface area contributed by atoms with Gasteiger partial charge in [-0.15, -0.1) is 0 Å². The molecule has 0 amide bonds. The van der Waals surface area contributed by atoms with E-state index in [0.717, 1.165) is 23.1 Å². The van der Waals surface area contributed by atoms with Gasteiger partial charge in [-0.2, -0.15) is 5.10 Å². The quantitative estimate of drug-likeness (QED) is 0.653. The second-order valence-electron chi connectivity index (χ2n) is 3.93. The van der Waals surface area contributed by atoms with E-state index in [1.165, 1.54) is 5.56 Å². The lowest BCUT2D eigenvalue weighted by atomic mass is 10.0. The Kier molecular flexibility index (Phi) is 3.98.